The summed E-state index contributed by atoms with van der Waals surface area (Å²) in [5.74, 6) is 2.57. The lowest BCUT2D eigenvalue weighted by atomic mass is 9.80. The minimum absolute atomic E-state index is 0.366. The fourth-order valence-corrected chi connectivity index (χ4v) is 2.43. The highest BCUT2D eigenvalue weighted by atomic mass is 15.1. The second-order valence-corrected chi connectivity index (χ2v) is 5.90. The number of piperidine rings is 1. The third-order valence-corrected chi connectivity index (χ3v) is 3.98. The lowest BCUT2D eigenvalue weighted by Crippen LogP contribution is -2.40. The van der Waals surface area contributed by atoms with Crippen LogP contribution < -0.4 is 10.6 Å². The van der Waals surface area contributed by atoms with Crippen molar-refractivity contribution >= 4 is 11.6 Å². The maximum atomic E-state index is 4.44. The summed E-state index contributed by atoms with van der Waals surface area (Å²) in [6.07, 6.45) is 2.47. The number of nitrogens with zero attached hydrogens (tertiary/aromatic N) is 3. The summed E-state index contributed by atoms with van der Waals surface area (Å²) in [4.78, 5) is 11.1. The van der Waals surface area contributed by atoms with Crippen molar-refractivity contribution in [1.29, 1.82) is 0 Å². The molecule has 0 amide bonds. The van der Waals surface area contributed by atoms with Crippen LogP contribution in [0.5, 0.6) is 0 Å². The van der Waals surface area contributed by atoms with Crippen molar-refractivity contribution in [2.75, 3.05) is 44.4 Å². The third kappa shape index (κ3) is 3.80. The molecule has 0 aliphatic carbocycles. The Morgan fingerprint density at radius 3 is 2.53 bits per heavy atom. The molecule has 5 heteroatoms. The lowest BCUT2D eigenvalue weighted by Gasteiger charge is -2.38. The molecule has 0 saturated carbocycles. The van der Waals surface area contributed by atoms with Gasteiger partial charge in [-0.25, -0.2) is 9.97 Å². The molecule has 0 atom stereocenters. The molecule has 1 aliphatic heterocycles. The Kier molecular flexibility index (Phi) is 4.24. The van der Waals surface area contributed by atoms with Crippen LogP contribution in [0.3, 0.4) is 0 Å². The molecule has 0 spiro atoms. The van der Waals surface area contributed by atoms with E-state index in [1.165, 1.54) is 25.9 Å². The SMILES string of the molecule is CNc1cc(NCC2(C)CCN(C)CC2)nc(C)n1. The van der Waals surface area contributed by atoms with E-state index in [1.54, 1.807) is 0 Å². The smallest absolute Gasteiger partial charge is 0.131 e. The van der Waals surface area contributed by atoms with Crippen molar-refractivity contribution in [1.82, 2.24) is 14.9 Å². The summed E-state index contributed by atoms with van der Waals surface area (Å²) in [5.41, 5.74) is 0.366. The Morgan fingerprint density at radius 2 is 1.89 bits per heavy atom. The zero-order valence-electron chi connectivity index (χ0n) is 12.5. The van der Waals surface area contributed by atoms with Gasteiger partial charge >= 0.3 is 0 Å². The maximum Gasteiger partial charge on any atom is 0.131 e. The first-order valence-electron chi connectivity index (χ1n) is 6.97. The molecule has 1 saturated heterocycles. The fourth-order valence-electron chi connectivity index (χ4n) is 2.43. The molecule has 1 aliphatic rings. The molecular weight excluding hydrogens is 238 g/mol. The molecular formula is C14H25N5. The number of aromatic nitrogens is 2. The quantitative estimate of drug-likeness (QED) is 0.870. The van der Waals surface area contributed by atoms with Gasteiger partial charge in [0.2, 0.25) is 0 Å². The van der Waals surface area contributed by atoms with E-state index in [0.717, 1.165) is 24.0 Å². The number of nitrogens with one attached hydrogen (secondary N) is 2. The Hall–Kier alpha value is -1.36. The van der Waals surface area contributed by atoms with Crippen LogP contribution in [0.2, 0.25) is 0 Å². The van der Waals surface area contributed by atoms with Crippen LogP contribution in [0, 0.1) is 12.3 Å². The molecule has 1 aromatic heterocycles. The van der Waals surface area contributed by atoms with Gasteiger partial charge in [-0.05, 0) is 45.3 Å². The van der Waals surface area contributed by atoms with E-state index in [0.29, 0.717) is 5.41 Å². The normalized spacial score (nSPS) is 19.2. The molecule has 0 radical (unpaired) electrons. The maximum absolute atomic E-state index is 4.44. The second-order valence-electron chi connectivity index (χ2n) is 5.90. The van der Waals surface area contributed by atoms with Gasteiger partial charge in [0.25, 0.3) is 0 Å². The minimum atomic E-state index is 0.366. The highest BCUT2D eigenvalue weighted by Gasteiger charge is 2.28. The summed E-state index contributed by atoms with van der Waals surface area (Å²) in [6.45, 7) is 7.62. The van der Waals surface area contributed by atoms with Crippen LogP contribution in [-0.2, 0) is 0 Å². The zero-order chi connectivity index (χ0) is 13.9. The van der Waals surface area contributed by atoms with Crippen LogP contribution in [0.25, 0.3) is 0 Å². The number of rotatable bonds is 4. The van der Waals surface area contributed by atoms with E-state index < -0.39 is 0 Å². The molecule has 2 rings (SSSR count). The Labute approximate surface area is 115 Å². The molecule has 106 valence electrons. The molecule has 0 unspecified atom stereocenters. The topological polar surface area (TPSA) is 53.1 Å². The molecule has 1 aromatic rings. The van der Waals surface area contributed by atoms with Crippen molar-refractivity contribution in [2.24, 2.45) is 5.41 Å². The van der Waals surface area contributed by atoms with Crippen LogP contribution in [0.1, 0.15) is 25.6 Å². The first kappa shape index (κ1) is 14.1. The fraction of sp³-hybridized carbons (Fsp3) is 0.714. The van der Waals surface area contributed by atoms with Crippen LogP contribution >= 0.6 is 0 Å². The van der Waals surface area contributed by atoms with Crippen LogP contribution in [-0.4, -0.2) is 48.6 Å². The van der Waals surface area contributed by atoms with E-state index >= 15 is 0 Å². The van der Waals surface area contributed by atoms with E-state index in [1.807, 2.05) is 20.0 Å². The number of likely N-dealkylation sites (tertiary alicyclic amines) is 1. The largest absolute Gasteiger partial charge is 0.373 e. The monoisotopic (exact) mass is 263 g/mol. The third-order valence-electron chi connectivity index (χ3n) is 3.98. The number of anilines is 2. The standard InChI is InChI=1S/C14H25N5/c1-11-17-12(15-3)9-13(18-11)16-10-14(2)5-7-19(4)8-6-14/h9H,5-8,10H2,1-4H3,(H2,15,16,17,18). The van der Waals surface area contributed by atoms with E-state index in [4.69, 9.17) is 0 Å². The predicted octanol–water partition coefficient (Wildman–Crippen LogP) is 1.97. The van der Waals surface area contributed by atoms with Crippen molar-refractivity contribution in [3.8, 4) is 0 Å². The van der Waals surface area contributed by atoms with Gasteiger partial charge in [0, 0.05) is 19.7 Å². The lowest BCUT2D eigenvalue weighted by molar-refractivity contribution is 0.150. The Morgan fingerprint density at radius 1 is 1.26 bits per heavy atom. The predicted molar refractivity (Wildman–Crippen MR) is 79.6 cm³/mol. The Balaban J connectivity index is 1.96. The summed E-state index contributed by atoms with van der Waals surface area (Å²) in [7, 11) is 4.07. The average molecular weight is 263 g/mol. The van der Waals surface area contributed by atoms with Gasteiger partial charge < -0.3 is 15.5 Å². The number of hydrogen-bond donors (Lipinski definition) is 2. The summed E-state index contributed by atoms with van der Waals surface area (Å²) < 4.78 is 0. The summed E-state index contributed by atoms with van der Waals surface area (Å²) in [5, 5.41) is 6.54. The van der Waals surface area contributed by atoms with Crippen LogP contribution in [0.4, 0.5) is 11.6 Å². The van der Waals surface area contributed by atoms with Crippen LogP contribution in [0.15, 0.2) is 6.07 Å². The highest BCUT2D eigenvalue weighted by molar-refractivity contribution is 5.47. The first-order valence-corrected chi connectivity index (χ1v) is 6.97. The Bertz CT molecular complexity index is 424. The van der Waals surface area contributed by atoms with Gasteiger partial charge in [-0.2, -0.15) is 0 Å². The average Bonchev–Trinajstić information content (AvgIpc) is 2.40. The molecule has 2 heterocycles. The van der Waals surface area contributed by atoms with E-state index in [9.17, 15) is 0 Å². The number of hydrogen-bond acceptors (Lipinski definition) is 5. The van der Waals surface area contributed by atoms with E-state index in [2.05, 4.69) is 39.5 Å². The second kappa shape index (κ2) is 5.74. The molecule has 0 aromatic carbocycles. The van der Waals surface area contributed by atoms with Gasteiger partial charge in [-0.15, -0.1) is 0 Å². The first-order chi connectivity index (χ1) is 9.00. The van der Waals surface area contributed by atoms with Crippen molar-refractivity contribution < 1.29 is 0 Å². The van der Waals surface area contributed by atoms with Gasteiger partial charge in [0.1, 0.15) is 17.5 Å². The molecule has 0 bridgehead atoms. The minimum Gasteiger partial charge on any atom is -0.373 e. The van der Waals surface area contributed by atoms with E-state index in [-0.39, 0.29) is 0 Å². The van der Waals surface area contributed by atoms with Crippen molar-refractivity contribution in [3.63, 3.8) is 0 Å². The van der Waals surface area contributed by atoms with Crippen molar-refractivity contribution in [3.05, 3.63) is 11.9 Å². The molecule has 1 fully saturated rings. The molecule has 2 N–H and O–H groups in total. The van der Waals surface area contributed by atoms with Gasteiger partial charge in [0.15, 0.2) is 0 Å². The molecule has 19 heavy (non-hydrogen) atoms. The van der Waals surface area contributed by atoms with Gasteiger partial charge in [-0.1, -0.05) is 6.92 Å². The van der Waals surface area contributed by atoms with Gasteiger partial charge in [-0.3, -0.25) is 0 Å². The zero-order valence-corrected chi connectivity index (χ0v) is 12.5. The summed E-state index contributed by atoms with van der Waals surface area (Å²) in [6, 6.07) is 1.96. The summed E-state index contributed by atoms with van der Waals surface area (Å²) >= 11 is 0. The van der Waals surface area contributed by atoms with Crippen molar-refractivity contribution in [2.45, 2.75) is 26.7 Å². The van der Waals surface area contributed by atoms with Gasteiger partial charge in [0.05, 0.1) is 0 Å². The highest BCUT2D eigenvalue weighted by Crippen LogP contribution is 2.30. The number of aryl methyl sites for hydroxylation is 1. The molecule has 5 nitrogen and oxygen atoms in total.